The zero-order valence-electron chi connectivity index (χ0n) is 9.29. The largest absolute Gasteiger partial charge is 0.494 e. The van der Waals surface area contributed by atoms with Crippen molar-refractivity contribution in [2.45, 2.75) is 32.2 Å². The van der Waals surface area contributed by atoms with Crippen molar-refractivity contribution in [1.29, 1.82) is 0 Å². The third-order valence-electron chi connectivity index (χ3n) is 2.37. The van der Waals surface area contributed by atoms with Crippen LogP contribution in [0.4, 0.5) is 4.39 Å². The van der Waals surface area contributed by atoms with Gasteiger partial charge in [-0.1, -0.05) is 12.1 Å². The predicted octanol–water partition coefficient (Wildman–Crippen LogP) is 2.50. The fourth-order valence-corrected chi connectivity index (χ4v) is 1.52. The van der Waals surface area contributed by atoms with Gasteiger partial charge in [0, 0.05) is 6.04 Å². The number of hydrogen-bond acceptors (Lipinski definition) is 2. The summed E-state index contributed by atoms with van der Waals surface area (Å²) >= 11 is 0. The van der Waals surface area contributed by atoms with E-state index in [4.69, 9.17) is 10.5 Å². The van der Waals surface area contributed by atoms with Crippen LogP contribution in [0.1, 0.15) is 25.3 Å². The van der Waals surface area contributed by atoms with Gasteiger partial charge in [0.05, 0.1) is 7.11 Å². The molecule has 2 nitrogen and oxygen atoms in total. The number of ether oxygens (including phenoxy) is 1. The molecule has 0 aromatic heterocycles. The molecule has 3 heteroatoms. The van der Waals surface area contributed by atoms with Gasteiger partial charge in [-0.05, 0) is 37.8 Å². The van der Waals surface area contributed by atoms with Crippen LogP contribution in [0.5, 0.6) is 5.75 Å². The molecule has 0 heterocycles. The van der Waals surface area contributed by atoms with Gasteiger partial charge in [0.2, 0.25) is 0 Å². The summed E-state index contributed by atoms with van der Waals surface area (Å²) in [5.74, 6) is 0.0676. The Bertz CT molecular complexity index is 312. The van der Waals surface area contributed by atoms with E-state index >= 15 is 0 Å². The van der Waals surface area contributed by atoms with Crippen LogP contribution >= 0.6 is 0 Å². The van der Waals surface area contributed by atoms with E-state index in [2.05, 4.69) is 0 Å². The van der Waals surface area contributed by atoms with E-state index in [1.807, 2.05) is 13.0 Å². The Balaban J connectivity index is 2.61. The molecule has 84 valence electrons. The first-order valence-corrected chi connectivity index (χ1v) is 5.22. The zero-order valence-corrected chi connectivity index (χ0v) is 9.29. The van der Waals surface area contributed by atoms with E-state index in [1.54, 1.807) is 12.1 Å². The molecule has 0 bridgehead atoms. The lowest BCUT2D eigenvalue weighted by atomic mass is 10.0. The monoisotopic (exact) mass is 211 g/mol. The van der Waals surface area contributed by atoms with Gasteiger partial charge >= 0.3 is 0 Å². The number of benzene rings is 1. The molecule has 15 heavy (non-hydrogen) atoms. The van der Waals surface area contributed by atoms with Crippen molar-refractivity contribution < 1.29 is 9.13 Å². The molecule has 1 unspecified atom stereocenters. The Morgan fingerprint density at radius 1 is 1.47 bits per heavy atom. The highest BCUT2D eigenvalue weighted by atomic mass is 19.1. The van der Waals surface area contributed by atoms with E-state index in [0.717, 1.165) is 12.8 Å². The SMILES string of the molecule is COc1cccc(CCCC(C)N)c1F. The van der Waals surface area contributed by atoms with Crippen molar-refractivity contribution >= 4 is 0 Å². The maximum Gasteiger partial charge on any atom is 0.168 e. The molecule has 2 N–H and O–H groups in total. The number of hydrogen-bond donors (Lipinski definition) is 1. The Labute approximate surface area is 90.2 Å². The molecule has 1 aromatic carbocycles. The first kappa shape index (κ1) is 12.0. The Kier molecular flexibility index (Phi) is 4.56. The maximum atomic E-state index is 13.6. The highest BCUT2D eigenvalue weighted by Gasteiger charge is 2.07. The third kappa shape index (κ3) is 3.51. The number of nitrogens with two attached hydrogens (primary N) is 1. The van der Waals surface area contributed by atoms with Crippen LogP contribution in [0.3, 0.4) is 0 Å². The van der Waals surface area contributed by atoms with Crippen molar-refractivity contribution in [3.8, 4) is 5.75 Å². The predicted molar refractivity (Wildman–Crippen MR) is 59.5 cm³/mol. The topological polar surface area (TPSA) is 35.2 Å². The third-order valence-corrected chi connectivity index (χ3v) is 2.37. The average molecular weight is 211 g/mol. The molecule has 0 aliphatic heterocycles. The number of aryl methyl sites for hydroxylation is 1. The Hall–Kier alpha value is -1.09. The van der Waals surface area contributed by atoms with Gasteiger partial charge in [-0.25, -0.2) is 4.39 Å². The van der Waals surface area contributed by atoms with Crippen LogP contribution in [0.15, 0.2) is 18.2 Å². The molecule has 0 aliphatic carbocycles. The van der Waals surface area contributed by atoms with Crippen molar-refractivity contribution in [1.82, 2.24) is 0 Å². The van der Waals surface area contributed by atoms with Crippen LogP contribution < -0.4 is 10.5 Å². The summed E-state index contributed by atoms with van der Waals surface area (Å²) in [4.78, 5) is 0. The lowest BCUT2D eigenvalue weighted by Gasteiger charge is -2.08. The van der Waals surface area contributed by atoms with Gasteiger partial charge in [-0.3, -0.25) is 0 Å². The first-order valence-electron chi connectivity index (χ1n) is 5.22. The minimum absolute atomic E-state index is 0.179. The molecule has 0 fully saturated rings. The maximum absolute atomic E-state index is 13.6. The molecular formula is C12H18FNO. The summed E-state index contributed by atoms with van der Waals surface area (Å²) in [6.07, 6.45) is 2.53. The molecular weight excluding hydrogens is 193 g/mol. The van der Waals surface area contributed by atoms with E-state index in [9.17, 15) is 4.39 Å². The number of methoxy groups -OCH3 is 1. The molecule has 1 atom stereocenters. The van der Waals surface area contributed by atoms with Crippen LogP contribution in [-0.2, 0) is 6.42 Å². The second-order valence-corrected chi connectivity index (χ2v) is 3.80. The van der Waals surface area contributed by atoms with Crippen LogP contribution in [0, 0.1) is 5.82 Å². The van der Waals surface area contributed by atoms with Crippen molar-refractivity contribution in [2.24, 2.45) is 5.73 Å². The molecule has 0 saturated heterocycles. The van der Waals surface area contributed by atoms with Crippen LogP contribution in [0.2, 0.25) is 0 Å². The highest BCUT2D eigenvalue weighted by Crippen LogP contribution is 2.21. The summed E-state index contributed by atoms with van der Waals surface area (Å²) in [5, 5.41) is 0. The second-order valence-electron chi connectivity index (χ2n) is 3.80. The molecule has 0 amide bonds. The lowest BCUT2D eigenvalue weighted by Crippen LogP contribution is -2.14. The van der Waals surface area contributed by atoms with Crippen LogP contribution in [0.25, 0.3) is 0 Å². The van der Waals surface area contributed by atoms with Gasteiger partial charge in [0.25, 0.3) is 0 Å². The van der Waals surface area contributed by atoms with E-state index < -0.39 is 0 Å². The van der Waals surface area contributed by atoms with Crippen LogP contribution in [-0.4, -0.2) is 13.2 Å². The molecule has 1 aromatic rings. The van der Waals surface area contributed by atoms with E-state index in [0.29, 0.717) is 17.7 Å². The van der Waals surface area contributed by atoms with E-state index in [-0.39, 0.29) is 11.9 Å². The van der Waals surface area contributed by atoms with Gasteiger partial charge in [0.15, 0.2) is 11.6 Å². The normalized spacial score (nSPS) is 12.5. The van der Waals surface area contributed by atoms with Gasteiger partial charge < -0.3 is 10.5 Å². The molecule has 0 radical (unpaired) electrons. The molecule has 0 aliphatic rings. The fourth-order valence-electron chi connectivity index (χ4n) is 1.52. The average Bonchev–Trinajstić information content (AvgIpc) is 2.20. The summed E-state index contributed by atoms with van der Waals surface area (Å²) in [6, 6.07) is 5.41. The minimum atomic E-state index is -0.246. The molecule has 1 rings (SSSR count). The lowest BCUT2D eigenvalue weighted by molar-refractivity contribution is 0.383. The van der Waals surface area contributed by atoms with Gasteiger partial charge in [0.1, 0.15) is 0 Å². The zero-order chi connectivity index (χ0) is 11.3. The van der Waals surface area contributed by atoms with Gasteiger partial charge in [-0.15, -0.1) is 0 Å². The standard InChI is InChI=1S/C12H18FNO/c1-9(14)5-3-6-10-7-4-8-11(15-2)12(10)13/h4,7-9H,3,5-6,14H2,1-2H3. The smallest absolute Gasteiger partial charge is 0.168 e. The molecule has 0 spiro atoms. The Morgan fingerprint density at radius 3 is 2.80 bits per heavy atom. The quantitative estimate of drug-likeness (QED) is 0.812. The van der Waals surface area contributed by atoms with Crippen molar-refractivity contribution in [2.75, 3.05) is 7.11 Å². The minimum Gasteiger partial charge on any atom is -0.494 e. The summed E-state index contributed by atoms with van der Waals surface area (Å²) in [5.41, 5.74) is 6.34. The van der Waals surface area contributed by atoms with Gasteiger partial charge in [-0.2, -0.15) is 0 Å². The Morgan fingerprint density at radius 2 is 2.20 bits per heavy atom. The van der Waals surface area contributed by atoms with Crippen molar-refractivity contribution in [3.63, 3.8) is 0 Å². The molecule has 0 saturated carbocycles. The summed E-state index contributed by atoms with van der Waals surface area (Å²) in [7, 11) is 1.48. The first-order chi connectivity index (χ1) is 7.15. The summed E-state index contributed by atoms with van der Waals surface area (Å²) < 4.78 is 18.6. The second kappa shape index (κ2) is 5.71. The summed E-state index contributed by atoms with van der Waals surface area (Å²) in [6.45, 7) is 1.96. The van der Waals surface area contributed by atoms with Crippen molar-refractivity contribution in [3.05, 3.63) is 29.6 Å². The number of rotatable bonds is 5. The highest BCUT2D eigenvalue weighted by molar-refractivity contribution is 5.31. The van der Waals surface area contributed by atoms with E-state index in [1.165, 1.54) is 7.11 Å². The number of halogens is 1. The fraction of sp³-hybridized carbons (Fsp3) is 0.500.